The van der Waals surface area contributed by atoms with E-state index in [0.29, 0.717) is 16.5 Å². The highest BCUT2D eigenvalue weighted by molar-refractivity contribution is 7.17. The third-order valence-electron chi connectivity index (χ3n) is 6.18. The van der Waals surface area contributed by atoms with Crippen molar-refractivity contribution in [3.8, 4) is 0 Å². The van der Waals surface area contributed by atoms with Crippen LogP contribution in [0.15, 0.2) is 24.3 Å². The van der Waals surface area contributed by atoms with E-state index in [-0.39, 0.29) is 30.1 Å². The summed E-state index contributed by atoms with van der Waals surface area (Å²) in [6, 6.07) is 7.71. The number of amides is 2. The van der Waals surface area contributed by atoms with Gasteiger partial charge in [-0.15, -0.1) is 11.3 Å². The lowest BCUT2D eigenvalue weighted by molar-refractivity contribution is -0.138. The van der Waals surface area contributed by atoms with E-state index < -0.39 is 5.97 Å². The van der Waals surface area contributed by atoms with E-state index in [2.05, 4.69) is 31.4 Å². The van der Waals surface area contributed by atoms with E-state index in [9.17, 15) is 14.4 Å². The Labute approximate surface area is 193 Å². The summed E-state index contributed by atoms with van der Waals surface area (Å²) in [4.78, 5) is 37.8. The van der Waals surface area contributed by atoms with Crippen LogP contribution in [0.1, 0.15) is 73.3 Å². The van der Waals surface area contributed by atoms with Gasteiger partial charge in [-0.25, -0.2) is 0 Å². The van der Waals surface area contributed by atoms with Crippen molar-refractivity contribution >= 4 is 39.8 Å². The minimum atomic E-state index is -1.02. The molecule has 1 aliphatic carbocycles. The molecule has 0 bridgehead atoms. The topological polar surface area (TPSA) is 95.5 Å². The van der Waals surface area contributed by atoms with Gasteiger partial charge in [0.25, 0.3) is 5.91 Å². The molecule has 32 heavy (non-hydrogen) atoms. The molecule has 1 atom stereocenters. The van der Waals surface area contributed by atoms with E-state index in [1.807, 2.05) is 31.2 Å². The summed E-state index contributed by atoms with van der Waals surface area (Å²) >= 11 is 1.45. The first-order valence-corrected chi connectivity index (χ1v) is 12.0. The molecule has 172 valence electrons. The van der Waals surface area contributed by atoms with Gasteiger partial charge >= 0.3 is 5.97 Å². The predicted octanol–water partition coefficient (Wildman–Crippen LogP) is 5.52. The molecule has 1 heterocycles. The highest BCUT2D eigenvalue weighted by Gasteiger charge is 2.34. The number of fused-ring (bicyclic) bond motifs is 1. The van der Waals surface area contributed by atoms with Crippen LogP contribution in [0.5, 0.6) is 0 Å². The van der Waals surface area contributed by atoms with Crippen molar-refractivity contribution in [3.05, 3.63) is 45.8 Å². The first kappa shape index (κ1) is 24.0. The number of carboxylic acid groups (broad SMARTS) is 1. The molecule has 0 spiro atoms. The van der Waals surface area contributed by atoms with Crippen LogP contribution in [0.25, 0.3) is 0 Å². The first-order valence-electron chi connectivity index (χ1n) is 11.2. The zero-order chi connectivity index (χ0) is 23.5. The Balaban J connectivity index is 1.93. The van der Waals surface area contributed by atoms with Crippen molar-refractivity contribution in [1.82, 2.24) is 0 Å². The van der Waals surface area contributed by atoms with Gasteiger partial charge in [0.2, 0.25) is 5.91 Å². The molecule has 0 saturated heterocycles. The van der Waals surface area contributed by atoms with Gasteiger partial charge in [-0.3, -0.25) is 14.4 Å². The second-order valence-electron chi connectivity index (χ2n) is 9.42. The van der Waals surface area contributed by atoms with Crippen molar-refractivity contribution in [2.24, 2.45) is 11.3 Å². The number of aryl methyl sites for hydroxylation is 1. The van der Waals surface area contributed by atoms with E-state index in [0.717, 1.165) is 47.4 Å². The fourth-order valence-electron chi connectivity index (χ4n) is 4.20. The number of carbonyl (C=O) groups excluding carboxylic acids is 2. The van der Waals surface area contributed by atoms with Crippen LogP contribution in [-0.2, 0) is 28.9 Å². The minimum absolute atomic E-state index is 0.123. The molecule has 0 fully saturated rings. The summed E-state index contributed by atoms with van der Waals surface area (Å²) in [5.41, 5.74) is 3.51. The fourth-order valence-corrected chi connectivity index (χ4v) is 5.54. The van der Waals surface area contributed by atoms with Gasteiger partial charge in [-0.2, -0.15) is 0 Å². The van der Waals surface area contributed by atoms with E-state index in [4.69, 9.17) is 5.11 Å². The van der Waals surface area contributed by atoms with Gasteiger partial charge in [0.05, 0.1) is 12.0 Å². The zero-order valence-electron chi connectivity index (χ0n) is 19.2. The number of anilines is 2. The zero-order valence-corrected chi connectivity index (χ0v) is 20.0. The monoisotopic (exact) mass is 456 g/mol. The van der Waals surface area contributed by atoms with Crippen molar-refractivity contribution in [2.75, 3.05) is 10.6 Å². The number of carbonyl (C=O) groups is 3. The van der Waals surface area contributed by atoms with Crippen molar-refractivity contribution < 1.29 is 19.5 Å². The highest BCUT2D eigenvalue weighted by atomic mass is 32.1. The summed E-state index contributed by atoms with van der Waals surface area (Å²) in [5, 5.41) is 15.3. The van der Waals surface area contributed by atoms with Crippen LogP contribution >= 0.6 is 11.3 Å². The van der Waals surface area contributed by atoms with Crippen LogP contribution < -0.4 is 10.6 Å². The van der Waals surface area contributed by atoms with Gasteiger partial charge in [-0.1, -0.05) is 45.9 Å². The lowest BCUT2D eigenvalue weighted by Crippen LogP contribution is -2.27. The standard InChI is InChI=1S/C25H32N2O4S/c1-5-15-8-6-7-9-18(15)26-23(31)22-17-11-10-16(25(2,3)4)14-19(17)32-24(22)27-20(28)12-13-21(29)30/h6-9,16H,5,10-14H2,1-4H3,(H,26,31)(H,27,28)(H,29,30). The average molecular weight is 457 g/mol. The second kappa shape index (κ2) is 9.86. The third kappa shape index (κ3) is 5.57. The van der Waals surface area contributed by atoms with Gasteiger partial charge in [-0.05, 0) is 54.2 Å². The molecule has 0 aliphatic heterocycles. The lowest BCUT2D eigenvalue weighted by Gasteiger charge is -2.33. The number of nitrogens with one attached hydrogen (secondary N) is 2. The lowest BCUT2D eigenvalue weighted by atomic mass is 9.72. The number of thiophene rings is 1. The quantitative estimate of drug-likeness (QED) is 0.511. The summed E-state index contributed by atoms with van der Waals surface area (Å²) < 4.78 is 0. The van der Waals surface area contributed by atoms with Crippen molar-refractivity contribution in [3.63, 3.8) is 0 Å². The fraction of sp³-hybridized carbons (Fsp3) is 0.480. The van der Waals surface area contributed by atoms with Crippen LogP contribution in [-0.4, -0.2) is 22.9 Å². The maximum absolute atomic E-state index is 13.4. The molecule has 2 amide bonds. The van der Waals surface area contributed by atoms with Gasteiger partial charge < -0.3 is 15.7 Å². The maximum atomic E-state index is 13.4. The van der Waals surface area contributed by atoms with Crippen LogP contribution in [0, 0.1) is 11.3 Å². The molecule has 7 heteroatoms. The summed E-state index contributed by atoms with van der Waals surface area (Å²) in [6.45, 7) is 8.75. The second-order valence-corrected chi connectivity index (χ2v) is 10.5. The molecule has 1 aromatic heterocycles. The largest absolute Gasteiger partial charge is 0.481 e. The highest BCUT2D eigenvalue weighted by Crippen LogP contribution is 2.44. The number of hydrogen-bond acceptors (Lipinski definition) is 4. The molecule has 3 N–H and O–H groups in total. The first-order chi connectivity index (χ1) is 15.1. The molecule has 0 radical (unpaired) electrons. The molecule has 2 aromatic rings. The van der Waals surface area contributed by atoms with E-state index in [1.165, 1.54) is 11.3 Å². The Hall–Kier alpha value is -2.67. The molecule has 1 aromatic carbocycles. The van der Waals surface area contributed by atoms with Crippen LogP contribution in [0.4, 0.5) is 10.7 Å². The van der Waals surface area contributed by atoms with Crippen molar-refractivity contribution in [1.29, 1.82) is 0 Å². The summed E-state index contributed by atoms with van der Waals surface area (Å²) in [5.74, 6) is -1.14. The Morgan fingerprint density at radius 1 is 1.12 bits per heavy atom. The third-order valence-corrected chi connectivity index (χ3v) is 7.35. The predicted molar refractivity (Wildman–Crippen MR) is 129 cm³/mol. The number of rotatable bonds is 7. The number of carboxylic acids is 1. The Morgan fingerprint density at radius 2 is 1.84 bits per heavy atom. The molecular formula is C25H32N2O4S. The summed E-state index contributed by atoms with van der Waals surface area (Å²) in [7, 11) is 0. The normalized spacial score (nSPS) is 15.7. The Morgan fingerprint density at radius 3 is 2.50 bits per heavy atom. The minimum Gasteiger partial charge on any atom is -0.481 e. The molecule has 0 saturated carbocycles. The summed E-state index contributed by atoms with van der Waals surface area (Å²) in [6.07, 6.45) is 3.09. The smallest absolute Gasteiger partial charge is 0.303 e. The molecule has 1 unspecified atom stereocenters. The van der Waals surface area contributed by atoms with E-state index in [1.54, 1.807) is 0 Å². The van der Waals surface area contributed by atoms with E-state index >= 15 is 0 Å². The number of aliphatic carboxylic acids is 1. The molecule has 6 nitrogen and oxygen atoms in total. The van der Waals surface area contributed by atoms with Crippen LogP contribution in [0.3, 0.4) is 0 Å². The maximum Gasteiger partial charge on any atom is 0.303 e. The Kier molecular flexibility index (Phi) is 7.39. The average Bonchev–Trinajstić information content (AvgIpc) is 3.09. The van der Waals surface area contributed by atoms with Gasteiger partial charge in [0.1, 0.15) is 5.00 Å². The Bertz CT molecular complexity index is 1020. The van der Waals surface area contributed by atoms with Crippen LogP contribution in [0.2, 0.25) is 0 Å². The van der Waals surface area contributed by atoms with Gasteiger partial charge in [0, 0.05) is 17.0 Å². The van der Waals surface area contributed by atoms with Gasteiger partial charge in [0.15, 0.2) is 0 Å². The van der Waals surface area contributed by atoms with Crippen molar-refractivity contribution in [2.45, 2.75) is 66.2 Å². The number of hydrogen-bond donors (Lipinski definition) is 3. The molecular weight excluding hydrogens is 424 g/mol. The number of para-hydroxylation sites is 1. The number of benzene rings is 1. The molecule has 3 rings (SSSR count). The SMILES string of the molecule is CCc1ccccc1NC(=O)c1c(NC(=O)CCC(=O)O)sc2c1CCC(C(C)(C)C)C2. The molecule has 1 aliphatic rings.